The van der Waals surface area contributed by atoms with Crippen LogP contribution in [-0.2, 0) is 6.54 Å². The third kappa shape index (κ3) is 3.87. The molecule has 4 rings (SSSR count). The molecule has 1 saturated heterocycles. The molecule has 1 saturated carbocycles. The Morgan fingerprint density at radius 2 is 2.00 bits per heavy atom. The molecule has 0 bridgehead atoms. The highest BCUT2D eigenvalue weighted by atomic mass is 16.5. The van der Waals surface area contributed by atoms with Crippen LogP contribution in [0.25, 0.3) is 0 Å². The summed E-state index contributed by atoms with van der Waals surface area (Å²) in [6.07, 6.45) is 3.87. The number of likely N-dealkylation sites (tertiary alicyclic amines) is 1. The van der Waals surface area contributed by atoms with Crippen molar-refractivity contribution in [3.8, 4) is 0 Å². The van der Waals surface area contributed by atoms with Gasteiger partial charge in [0.05, 0.1) is 5.69 Å². The number of aryl methyl sites for hydroxylation is 1. The molecule has 0 spiro atoms. The molecule has 4 heteroatoms. The molecular weight excluding hydrogens is 298 g/mol. The van der Waals surface area contributed by atoms with E-state index in [2.05, 4.69) is 45.7 Å². The van der Waals surface area contributed by atoms with Gasteiger partial charge in [0.2, 0.25) is 0 Å². The van der Waals surface area contributed by atoms with Gasteiger partial charge in [0.25, 0.3) is 0 Å². The first kappa shape index (κ1) is 15.9. The summed E-state index contributed by atoms with van der Waals surface area (Å²) in [5, 5.41) is 7.90. The number of hydrogen-bond acceptors (Lipinski definition) is 4. The lowest BCUT2D eigenvalue weighted by Gasteiger charge is -2.31. The summed E-state index contributed by atoms with van der Waals surface area (Å²) < 4.78 is 5.16. The van der Waals surface area contributed by atoms with Gasteiger partial charge >= 0.3 is 0 Å². The lowest BCUT2D eigenvalue weighted by atomic mass is 9.96. The normalized spacial score (nSPS) is 25.0. The first-order valence-electron chi connectivity index (χ1n) is 9.21. The minimum Gasteiger partial charge on any atom is -0.361 e. The second kappa shape index (κ2) is 7.08. The Morgan fingerprint density at radius 3 is 2.71 bits per heavy atom. The van der Waals surface area contributed by atoms with E-state index in [9.17, 15) is 0 Å². The van der Waals surface area contributed by atoms with Gasteiger partial charge in [0, 0.05) is 24.6 Å². The van der Waals surface area contributed by atoms with E-state index in [1.165, 1.54) is 44.5 Å². The first-order valence-corrected chi connectivity index (χ1v) is 9.21. The number of nitrogens with one attached hydrogen (secondary N) is 1. The van der Waals surface area contributed by atoms with Gasteiger partial charge in [-0.15, -0.1) is 0 Å². The van der Waals surface area contributed by atoms with Crippen molar-refractivity contribution in [3.05, 3.63) is 53.4 Å². The van der Waals surface area contributed by atoms with Crippen molar-refractivity contribution in [2.24, 2.45) is 5.92 Å². The summed E-state index contributed by atoms with van der Waals surface area (Å²) in [5.41, 5.74) is 2.56. The molecule has 2 fully saturated rings. The van der Waals surface area contributed by atoms with Crippen molar-refractivity contribution in [3.63, 3.8) is 0 Å². The third-order valence-electron chi connectivity index (χ3n) is 5.46. The van der Waals surface area contributed by atoms with Crippen molar-refractivity contribution in [1.29, 1.82) is 0 Å². The highest BCUT2D eigenvalue weighted by Gasteiger charge is 2.38. The Labute approximate surface area is 144 Å². The average Bonchev–Trinajstić information content (AvgIpc) is 3.29. The summed E-state index contributed by atoms with van der Waals surface area (Å²) in [7, 11) is 0. The van der Waals surface area contributed by atoms with Gasteiger partial charge in [-0.2, -0.15) is 0 Å². The second-order valence-electron chi connectivity index (χ2n) is 7.42. The Hall–Kier alpha value is -1.65. The monoisotopic (exact) mass is 325 g/mol. The Bertz CT molecular complexity index is 646. The maximum absolute atomic E-state index is 5.16. The lowest BCUT2D eigenvalue weighted by molar-refractivity contribution is 0.171. The van der Waals surface area contributed by atoms with Crippen LogP contribution in [0.4, 0.5) is 0 Å². The molecule has 0 amide bonds. The zero-order valence-electron chi connectivity index (χ0n) is 14.4. The van der Waals surface area contributed by atoms with Crippen LogP contribution in [-0.4, -0.2) is 35.7 Å². The highest BCUT2D eigenvalue weighted by molar-refractivity contribution is 5.27. The minimum atomic E-state index is 0.698. The molecule has 1 aliphatic carbocycles. The molecule has 1 aromatic heterocycles. The minimum absolute atomic E-state index is 0.698. The van der Waals surface area contributed by atoms with Gasteiger partial charge in [-0.25, -0.2) is 0 Å². The quantitative estimate of drug-likeness (QED) is 0.884. The van der Waals surface area contributed by atoms with Crippen LogP contribution in [0, 0.1) is 12.8 Å². The predicted molar refractivity (Wildman–Crippen MR) is 94.8 cm³/mol. The molecule has 4 nitrogen and oxygen atoms in total. The van der Waals surface area contributed by atoms with Crippen molar-refractivity contribution in [2.45, 2.75) is 44.7 Å². The topological polar surface area (TPSA) is 41.3 Å². The molecule has 1 N–H and O–H groups in total. The summed E-state index contributed by atoms with van der Waals surface area (Å²) in [6, 6.07) is 13.7. The molecular formula is C20H27N3O. The summed E-state index contributed by atoms with van der Waals surface area (Å²) in [6.45, 7) is 6.40. The van der Waals surface area contributed by atoms with Crippen LogP contribution < -0.4 is 5.32 Å². The number of aromatic nitrogens is 1. The van der Waals surface area contributed by atoms with Crippen LogP contribution in [0.15, 0.2) is 40.9 Å². The van der Waals surface area contributed by atoms with Crippen molar-refractivity contribution in [1.82, 2.24) is 15.4 Å². The highest BCUT2D eigenvalue weighted by Crippen LogP contribution is 2.40. The fourth-order valence-electron chi connectivity index (χ4n) is 3.88. The summed E-state index contributed by atoms with van der Waals surface area (Å²) in [5.74, 6) is 2.46. The fourth-order valence-corrected chi connectivity index (χ4v) is 3.88. The molecule has 2 atom stereocenters. The molecule has 24 heavy (non-hydrogen) atoms. The Kier molecular flexibility index (Phi) is 4.67. The molecule has 128 valence electrons. The maximum atomic E-state index is 5.16. The van der Waals surface area contributed by atoms with Crippen molar-refractivity contribution >= 4 is 0 Å². The number of benzene rings is 1. The second-order valence-corrected chi connectivity index (χ2v) is 7.42. The van der Waals surface area contributed by atoms with E-state index < -0.39 is 0 Å². The zero-order valence-corrected chi connectivity index (χ0v) is 14.4. The molecule has 0 unspecified atom stereocenters. The molecule has 2 heterocycles. The lowest BCUT2D eigenvalue weighted by Crippen LogP contribution is -2.37. The van der Waals surface area contributed by atoms with E-state index in [0.717, 1.165) is 29.8 Å². The SMILES string of the molecule is Cc1cc(CN2CCC(CN[C@@H]3C[C@H]3c3ccccc3)CC2)no1. The first-order chi connectivity index (χ1) is 11.8. The predicted octanol–water partition coefficient (Wildman–Crippen LogP) is 3.34. The smallest absolute Gasteiger partial charge is 0.133 e. The summed E-state index contributed by atoms with van der Waals surface area (Å²) >= 11 is 0. The van der Waals surface area contributed by atoms with Gasteiger partial charge in [-0.1, -0.05) is 35.5 Å². The molecule has 2 aromatic rings. The van der Waals surface area contributed by atoms with Crippen LogP contribution in [0.1, 0.15) is 42.2 Å². The van der Waals surface area contributed by atoms with Crippen LogP contribution >= 0.6 is 0 Å². The Morgan fingerprint density at radius 1 is 1.21 bits per heavy atom. The van der Waals surface area contributed by atoms with Crippen LogP contribution in [0.2, 0.25) is 0 Å². The summed E-state index contributed by atoms with van der Waals surface area (Å²) in [4.78, 5) is 2.50. The van der Waals surface area contributed by atoms with E-state index in [0.29, 0.717) is 6.04 Å². The van der Waals surface area contributed by atoms with E-state index in [1.54, 1.807) is 0 Å². The number of rotatable bonds is 6. The van der Waals surface area contributed by atoms with E-state index in [-0.39, 0.29) is 0 Å². The fraction of sp³-hybridized carbons (Fsp3) is 0.550. The van der Waals surface area contributed by atoms with E-state index in [1.807, 2.05) is 13.0 Å². The molecule has 2 aliphatic rings. The molecule has 0 radical (unpaired) electrons. The molecule has 1 aliphatic heterocycles. The maximum Gasteiger partial charge on any atom is 0.133 e. The van der Waals surface area contributed by atoms with Gasteiger partial charge in [0.15, 0.2) is 0 Å². The van der Waals surface area contributed by atoms with Gasteiger partial charge < -0.3 is 9.84 Å². The van der Waals surface area contributed by atoms with Crippen LogP contribution in [0.3, 0.4) is 0 Å². The molecule has 1 aromatic carbocycles. The largest absolute Gasteiger partial charge is 0.361 e. The number of nitrogens with zero attached hydrogens (tertiary/aromatic N) is 2. The van der Waals surface area contributed by atoms with E-state index >= 15 is 0 Å². The van der Waals surface area contributed by atoms with Gasteiger partial charge in [-0.05, 0) is 57.3 Å². The van der Waals surface area contributed by atoms with Crippen molar-refractivity contribution < 1.29 is 4.52 Å². The Balaban J connectivity index is 1.16. The van der Waals surface area contributed by atoms with Gasteiger partial charge in [0.1, 0.15) is 5.76 Å². The number of piperidine rings is 1. The standard InChI is InChI=1S/C20H27N3O/c1-15-11-18(22-24-15)14-23-9-7-16(8-10-23)13-21-20-12-19(20)17-5-3-2-4-6-17/h2-6,11,16,19-21H,7-10,12-14H2,1H3/t19-,20+/m0/s1. The van der Waals surface area contributed by atoms with Crippen LogP contribution in [0.5, 0.6) is 0 Å². The van der Waals surface area contributed by atoms with Crippen molar-refractivity contribution in [2.75, 3.05) is 19.6 Å². The average molecular weight is 325 g/mol. The number of hydrogen-bond donors (Lipinski definition) is 1. The van der Waals surface area contributed by atoms with Gasteiger partial charge in [-0.3, -0.25) is 4.90 Å². The zero-order chi connectivity index (χ0) is 16.4. The third-order valence-corrected chi connectivity index (χ3v) is 5.46. The van der Waals surface area contributed by atoms with E-state index in [4.69, 9.17) is 4.52 Å².